The molecular formula is C14H11FO2. The van der Waals surface area contributed by atoms with Crippen molar-refractivity contribution in [3.8, 4) is 11.1 Å². The zero-order valence-corrected chi connectivity index (χ0v) is 9.27. The molecule has 2 aromatic carbocycles. The van der Waals surface area contributed by atoms with Crippen LogP contribution in [-0.4, -0.2) is 11.1 Å². The van der Waals surface area contributed by atoms with Crippen LogP contribution in [0, 0.1) is 12.7 Å². The van der Waals surface area contributed by atoms with E-state index >= 15 is 0 Å². The molecule has 0 radical (unpaired) electrons. The first-order chi connectivity index (χ1) is 8.09. The summed E-state index contributed by atoms with van der Waals surface area (Å²) in [6, 6.07) is 11.0. The molecule has 0 unspecified atom stereocenters. The van der Waals surface area contributed by atoms with Crippen molar-refractivity contribution in [2.45, 2.75) is 6.92 Å². The molecule has 0 aliphatic carbocycles. The largest absolute Gasteiger partial charge is 0.478 e. The second kappa shape index (κ2) is 4.37. The van der Waals surface area contributed by atoms with E-state index in [9.17, 15) is 9.18 Å². The third-order valence-electron chi connectivity index (χ3n) is 2.62. The van der Waals surface area contributed by atoms with Gasteiger partial charge in [0.2, 0.25) is 0 Å². The van der Waals surface area contributed by atoms with E-state index in [0.29, 0.717) is 11.1 Å². The topological polar surface area (TPSA) is 37.3 Å². The lowest BCUT2D eigenvalue weighted by molar-refractivity contribution is 0.0697. The predicted octanol–water partition coefficient (Wildman–Crippen LogP) is 3.50. The number of halogens is 1. The SMILES string of the molecule is Cc1cccc(C(=O)O)c1-c1cccc(F)c1. The second-order valence-corrected chi connectivity index (χ2v) is 3.81. The molecule has 1 N–H and O–H groups in total. The van der Waals surface area contributed by atoms with Crippen molar-refractivity contribution in [3.63, 3.8) is 0 Å². The first kappa shape index (κ1) is 11.3. The maximum atomic E-state index is 13.2. The first-order valence-electron chi connectivity index (χ1n) is 5.18. The number of benzene rings is 2. The summed E-state index contributed by atoms with van der Waals surface area (Å²) in [6.45, 7) is 1.81. The number of rotatable bonds is 2. The summed E-state index contributed by atoms with van der Waals surface area (Å²) in [4.78, 5) is 11.1. The van der Waals surface area contributed by atoms with Gasteiger partial charge in [-0.3, -0.25) is 0 Å². The van der Waals surface area contributed by atoms with Crippen molar-refractivity contribution in [3.05, 3.63) is 59.4 Å². The molecule has 17 heavy (non-hydrogen) atoms. The maximum Gasteiger partial charge on any atom is 0.336 e. The molecule has 3 heteroatoms. The molecule has 0 bridgehead atoms. The lowest BCUT2D eigenvalue weighted by atomic mass is 9.95. The monoisotopic (exact) mass is 230 g/mol. The van der Waals surface area contributed by atoms with Crippen molar-refractivity contribution >= 4 is 5.97 Å². The molecular weight excluding hydrogens is 219 g/mol. The molecule has 0 atom stereocenters. The van der Waals surface area contributed by atoms with E-state index in [-0.39, 0.29) is 11.4 Å². The number of hydrogen-bond donors (Lipinski definition) is 1. The van der Waals surface area contributed by atoms with Crippen molar-refractivity contribution < 1.29 is 14.3 Å². The van der Waals surface area contributed by atoms with Crippen molar-refractivity contribution in [1.82, 2.24) is 0 Å². The molecule has 0 spiro atoms. The normalized spacial score (nSPS) is 10.2. The summed E-state index contributed by atoms with van der Waals surface area (Å²) in [6.07, 6.45) is 0. The molecule has 0 amide bonds. The fraction of sp³-hybridized carbons (Fsp3) is 0.0714. The van der Waals surface area contributed by atoms with Gasteiger partial charge in [-0.1, -0.05) is 24.3 Å². The summed E-state index contributed by atoms with van der Waals surface area (Å²) in [5.74, 6) is -1.38. The number of carboxylic acids is 1. The standard InChI is InChI=1S/C14H11FO2/c1-9-4-2-7-12(14(16)17)13(9)10-5-3-6-11(15)8-10/h2-8H,1H3,(H,16,17). The van der Waals surface area contributed by atoms with Crippen LogP contribution in [0.25, 0.3) is 11.1 Å². The number of carbonyl (C=O) groups is 1. The van der Waals surface area contributed by atoms with Crippen LogP contribution in [0.15, 0.2) is 42.5 Å². The first-order valence-corrected chi connectivity index (χ1v) is 5.18. The molecule has 86 valence electrons. The molecule has 0 fully saturated rings. The molecule has 0 saturated heterocycles. The Morgan fingerprint density at radius 2 is 1.88 bits per heavy atom. The van der Waals surface area contributed by atoms with Crippen molar-refractivity contribution in [2.75, 3.05) is 0 Å². The smallest absolute Gasteiger partial charge is 0.336 e. The van der Waals surface area contributed by atoms with Crippen LogP contribution in [0.5, 0.6) is 0 Å². The number of carboxylic acid groups (broad SMARTS) is 1. The van der Waals surface area contributed by atoms with Crippen LogP contribution in [0.4, 0.5) is 4.39 Å². The Labute approximate surface area is 98.3 Å². The highest BCUT2D eigenvalue weighted by Crippen LogP contribution is 2.27. The Balaban J connectivity index is 2.70. The van der Waals surface area contributed by atoms with Gasteiger partial charge in [-0.05, 0) is 41.8 Å². The molecule has 0 heterocycles. The van der Waals surface area contributed by atoms with Crippen LogP contribution in [0.1, 0.15) is 15.9 Å². The third-order valence-corrected chi connectivity index (χ3v) is 2.62. The Bertz CT molecular complexity index is 576. The van der Waals surface area contributed by atoms with Crippen LogP contribution in [0.2, 0.25) is 0 Å². The molecule has 2 aromatic rings. The molecule has 0 aromatic heterocycles. The van der Waals surface area contributed by atoms with Crippen LogP contribution >= 0.6 is 0 Å². The van der Waals surface area contributed by atoms with Gasteiger partial charge in [0.15, 0.2) is 0 Å². The Kier molecular flexibility index (Phi) is 2.91. The Morgan fingerprint density at radius 1 is 1.18 bits per heavy atom. The van der Waals surface area contributed by atoms with E-state index in [2.05, 4.69) is 0 Å². The number of aryl methyl sites for hydroxylation is 1. The van der Waals surface area contributed by atoms with Crippen LogP contribution < -0.4 is 0 Å². The van der Waals surface area contributed by atoms with Crippen molar-refractivity contribution in [1.29, 1.82) is 0 Å². The van der Waals surface area contributed by atoms with E-state index < -0.39 is 5.97 Å². The average molecular weight is 230 g/mol. The molecule has 0 aliphatic heterocycles. The summed E-state index contributed by atoms with van der Waals surface area (Å²) in [5.41, 5.74) is 2.16. The van der Waals surface area contributed by atoms with Gasteiger partial charge < -0.3 is 5.11 Å². The predicted molar refractivity (Wildman–Crippen MR) is 63.5 cm³/mol. The van der Waals surface area contributed by atoms with Gasteiger partial charge in [0.1, 0.15) is 5.82 Å². The summed E-state index contributed by atoms with van der Waals surface area (Å²) < 4.78 is 13.2. The average Bonchev–Trinajstić information content (AvgIpc) is 2.28. The van der Waals surface area contributed by atoms with E-state index in [4.69, 9.17) is 5.11 Å². The van der Waals surface area contributed by atoms with Gasteiger partial charge in [0.25, 0.3) is 0 Å². The van der Waals surface area contributed by atoms with Gasteiger partial charge in [0.05, 0.1) is 5.56 Å². The fourth-order valence-electron chi connectivity index (χ4n) is 1.87. The lowest BCUT2D eigenvalue weighted by Gasteiger charge is -2.09. The van der Waals surface area contributed by atoms with Gasteiger partial charge in [-0.25, -0.2) is 9.18 Å². The highest BCUT2D eigenvalue weighted by Gasteiger charge is 2.13. The van der Waals surface area contributed by atoms with E-state index in [0.717, 1.165) is 5.56 Å². The minimum atomic E-state index is -1.01. The quantitative estimate of drug-likeness (QED) is 0.857. The fourth-order valence-corrected chi connectivity index (χ4v) is 1.87. The van der Waals surface area contributed by atoms with Crippen molar-refractivity contribution in [2.24, 2.45) is 0 Å². The maximum absolute atomic E-state index is 13.2. The second-order valence-electron chi connectivity index (χ2n) is 3.81. The van der Waals surface area contributed by atoms with Crippen LogP contribution in [-0.2, 0) is 0 Å². The van der Waals surface area contributed by atoms with Gasteiger partial charge in [-0.2, -0.15) is 0 Å². The van der Waals surface area contributed by atoms with E-state index in [1.54, 1.807) is 18.2 Å². The number of hydrogen-bond acceptors (Lipinski definition) is 1. The minimum absolute atomic E-state index is 0.190. The van der Waals surface area contributed by atoms with Gasteiger partial charge in [-0.15, -0.1) is 0 Å². The summed E-state index contributed by atoms with van der Waals surface area (Å²) >= 11 is 0. The Morgan fingerprint density at radius 3 is 2.53 bits per heavy atom. The van der Waals surface area contributed by atoms with E-state index in [1.807, 2.05) is 13.0 Å². The lowest BCUT2D eigenvalue weighted by Crippen LogP contribution is -2.01. The highest BCUT2D eigenvalue weighted by molar-refractivity contribution is 5.97. The Hall–Kier alpha value is -2.16. The highest BCUT2D eigenvalue weighted by atomic mass is 19.1. The summed E-state index contributed by atoms with van der Waals surface area (Å²) in [7, 11) is 0. The zero-order valence-electron chi connectivity index (χ0n) is 9.27. The molecule has 2 nitrogen and oxygen atoms in total. The molecule has 0 saturated carbocycles. The van der Waals surface area contributed by atoms with Crippen LogP contribution in [0.3, 0.4) is 0 Å². The van der Waals surface area contributed by atoms with Gasteiger partial charge in [0, 0.05) is 0 Å². The zero-order chi connectivity index (χ0) is 12.4. The van der Waals surface area contributed by atoms with Gasteiger partial charge >= 0.3 is 5.97 Å². The van der Waals surface area contributed by atoms with E-state index in [1.165, 1.54) is 18.2 Å². The minimum Gasteiger partial charge on any atom is -0.478 e. The molecule has 2 rings (SSSR count). The summed E-state index contributed by atoms with van der Waals surface area (Å²) in [5, 5.41) is 9.13. The molecule has 0 aliphatic rings. The third kappa shape index (κ3) is 2.18. The number of aromatic carboxylic acids is 1.